The van der Waals surface area contributed by atoms with Crippen LogP contribution in [-0.4, -0.2) is 34.5 Å². The van der Waals surface area contributed by atoms with Crippen LogP contribution in [0.4, 0.5) is 5.82 Å². The fourth-order valence-corrected chi connectivity index (χ4v) is 2.80. The number of nitrogens with one attached hydrogen (secondary N) is 1. The Morgan fingerprint density at radius 2 is 2.30 bits per heavy atom. The van der Waals surface area contributed by atoms with Crippen molar-refractivity contribution in [2.45, 2.75) is 26.2 Å². The van der Waals surface area contributed by atoms with Crippen molar-refractivity contribution in [3.63, 3.8) is 0 Å². The molecule has 3 heterocycles. The summed E-state index contributed by atoms with van der Waals surface area (Å²) >= 11 is 0. The van der Waals surface area contributed by atoms with Gasteiger partial charge in [-0.25, -0.2) is 4.98 Å². The van der Waals surface area contributed by atoms with Gasteiger partial charge in [0.05, 0.1) is 11.0 Å². The molecular weight excluding hydrogens is 248 g/mol. The molecule has 0 aromatic carbocycles. The highest BCUT2D eigenvalue weighted by Gasteiger charge is 2.15. The van der Waals surface area contributed by atoms with Crippen LogP contribution in [0.5, 0.6) is 0 Å². The normalized spacial score (nSPS) is 16.6. The van der Waals surface area contributed by atoms with E-state index in [9.17, 15) is 0 Å². The van der Waals surface area contributed by atoms with Gasteiger partial charge in [0.1, 0.15) is 5.82 Å². The smallest absolute Gasteiger partial charge is 0.124 e. The third-order valence-electron chi connectivity index (χ3n) is 4.01. The lowest BCUT2D eigenvalue weighted by Crippen LogP contribution is -2.29. The Kier molecular flexibility index (Phi) is 3.74. The molecule has 0 spiro atoms. The minimum absolute atomic E-state index is 0.583. The summed E-state index contributed by atoms with van der Waals surface area (Å²) in [5, 5.41) is 0. The Hall–Kier alpha value is -1.81. The third-order valence-corrected chi connectivity index (χ3v) is 4.01. The van der Waals surface area contributed by atoms with E-state index >= 15 is 0 Å². The predicted molar refractivity (Wildman–Crippen MR) is 84.4 cm³/mol. The molecule has 2 aromatic rings. The molecule has 2 aromatic heterocycles. The lowest BCUT2D eigenvalue weighted by molar-refractivity contribution is 0.297. The van der Waals surface area contributed by atoms with Crippen LogP contribution in [0.1, 0.15) is 31.7 Å². The zero-order valence-corrected chi connectivity index (χ0v) is 12.0. The van der Waals surface area contributed by atoms with Gasteiger partial charge in [-0.3, -0.25) is 4.90 Å². The second kappa shape index (κ2) is 5.67. The molecule has 20 heavy (non-hydrogen) atoms. The van der Waals surface area contributed by atoms with Crippen molar-refractivity contribution in [2.24, 2.45) is 0 Å². The van der Waals surface area contributed by atoms with E-state index in [0.29, 0.717) is 5.82 Å². The number of aromatic nitrogens is 2. The average Bonchev–Trinajstić information content (AvgIpc) is 2.88. The lowest BCUT2D eigenvalue weighted by Gasteiger charge is -2.25. The van der Waals surface area contributed by atoms with Gasteiger partial charge in [-0.15, -0.1) is 0 Å². The van der Waals surface area contributed by atoms with Crippen molar-refractivity contribution in [3.05, 3.63) is 30.0 Å². The van der Waals surface area contributed by atoms with Gasteiger partial charge in [-0.1, -0.05) is 19.4 Å². The summed E-state index contributed by atoms with van der Waals surface area (Å²) in [4.78, 5) is 10.3. The number of nitrogens with zero attached hydrogens (tertiary/aromatic N) is 2. The molecule has 1 aliphatic rings. The van der Waals surface area contributed by atoms with Crippen LogP contribution < -0.4 is 5.73 Å². The number of unbranched alkanes of at least 4 members (excludes halogenated alkanes) is 1. The first-order chi connectivity index (χ1) is 9.78. The Morgan fingerprint density at radius 3 is 3.05 bits per heavy atom. The van der Waals surface area contributed by atoms with Crippen LogP contribution in [0.3, 0.4) is 0 Å². The number of anilines is 1. The fourth-order valence-electron chi connectivity index (χ4n) is 2.80. The SMILES string of the molecule is CCCCN1CC=C(c2c[nH]c3ccc(N)nc23)CC1. The molecule has 0 radical (unpaired) electrons. The number of rotatable bonds is 4. The van der Waals surface area contributed by atoms with Gasteiger partial charge in [-0.2, -0.15) is 0 Å². The first-order valence-electron chi connectivity index (χ1n) is 7.43. The summed E-state index contributed by atoms with van der Waals surface area (Å²) < 4.78 is 0. The molecule has 3 rings (SSSR count). The molecule has 1 aliphatic heterocycles. The zero-order valence-electron chi connectivity index (χ0n) is 12.0. The van der Waals surface area contributed by atoms with Gasteiger partial charge in [0.15, 0.2) is 0 Å². The second-order valence-corrected chi connectivity index (χ2v) is 5.47. The van der Waals surface area contributed by atoms with Gasteiger partial charge < -0.3 is 10.7 Å². The van der Waals surface area contributed by atoms with E-state index in [1.807, 2.05) is 12.1 Å². The Labute approximate surface area is 119 Å². The number of H-pyrrole nitrogens is 1. The largest absolute Gasteiger partial charge is 0.384 e. The molecule has 0 bridgehead atoms. The molecule has 0 saturated heterocycles. The van der Waals surface area contributed by atoms with Gasteiger partial charge in [-0.05, 0) is 37.1 Å². The average molecular weight is 270 g/mol. The summed E-state index contributed by atoms with van der Waals surface area (Å²) in [7, 11) is 0. The molecule has 0 atom stereocenters. The van der Waals surface area contributed by atoms with Crippen molar-refractivity contribution in [2.75, 3.05) is 25.4 Å². The Morgan fingerprint density at radius 1 is 1.40 bits per heavy atom. The molecule has 0 aliphatic carbocycles. The maximum atomic E-state index is 5.81. The van der Waals surface area contributed by atoms with Crippen LogP contribution in [0.2, 0.25) is 0 Å². The summed E-state index contributed by atoms with van der Waals surface area (Å²) in [5.41, 5.74) is 10.5. The number of hydrogen-bond donors (Lipinski definition) is 2. The maximum Gasteiger partial charge on any atom is 0.124 e. The van der Waals surface area contributed by atoms with E-state index in [4.69, 9.17) is 5.73 Å². The Balaban J connectivity index is 1.82. The minimum atomic E-state index is 0.583. The number of fused-ring (bicyclic) bond motifs is 1. The molecule has 0 amide bonds. The highest BCUT2D eigenvalue weighted by atomic mass is 15.1. The molecule has 4 nitrogen and oxygen atoms in total. The molecule has 0 unspecified atom stereocenters. The molecule has 4 heteroatoms. The van der Waals surface area contributed by atoms with Crippen LogP contribution in [0, 0.1) is 0 Å². The highest BCUT2D eigenvalue weighted by Crippen LogP contribution is 2.28. The molecule has 106 valence electrons. The molecule has 0 fully saturated rings. The quantitative estimate of drug-likeness (QED) is 0.897. The van der Waals surface area contributed by atoms with E-state index in [1.165, 1.54) is 30.5 Å². The lowest BCUT2D eigenvalue weighted by atomic mass is 10.0. The first-order valence-corrected chi connectivity index (χ1v) is 7.43. The number of nitrogen functional groups attached to an aromatic ring is 1. The molecule has 0 saturated carbocycles. The van der Waals surface area contributed by atoms with Crippen LogP contribution in [-0.2, 0) is 0 Å². The minimum Gasteiger partial charge on any atom is -0.384 e. The number of hydrogen-bond acceptors (Lipinski definition) is 3. The second-order valence-electron chi connectivity index (χ2n) is 5.47. The fraction of sp³-hybridized carbons (Fsp3) is 0.438. The summed E-state index contributed by atoms with van der Waals surface area (Å²) in [6.45, 7) is 5.64. The van der Waals surface area contributed by atoms with Crippen molar-refractivity contribution in [3.8, 4) is 0 Å². The van der Waals surface area contributed by atoms with Gasteiger partial charge in [0.25, 0.3) is 0 Å². The van der Waals surface area contributed by atoms with E-state index in [1.54, 1.807) is 0 Å². The van der Waals surface area contributed by atoms with Crippen molar-refractivity contribution >= 4 is 22.4 Å². The number of aromatic amines is 1. The van der Waals surface area contributed by atoms with Crippen molar-refractivity contribution < 1.29 is 0 Å². The van der Waals surface area contributed by atoms with Crippen molar-refractivity contribution in [1.29, 1.82) is 0 Å². The van der Waals surface area contributed by atoms with Crippen molar-refractivity contribution in [1.82, 2.24) is 14.9 Å². The topological polar surface area (TPSA) is 57.9 Å². The summed E-state index contributed by atoms with van der Waals surface area (Å²) in [5.74, 6) is 0.583. The van der Waals surface area contributed by atoms with E-state index in [2.05, 4.69) is 34.1 Å². The maximum absolute atomic E-state index is 5.81. The highest BCUT2D eigenvalue weighted by molar-refractivity contribution is 5.90. The summed E-state index contributed by atoms with van der Waals surface area (Å²) in [6, 6.07) is 3.84. The van der Waals surface area contributed by atoms with E-state index in [0.717, 1.165) is 30.5 Å². The monoisotopic (exact) mass is 270 g/mol. The first kappa shape index (κ1) is 13.2. The van der Waals surface area contributed by atoms with E-state index < -0.39 is 0 Å². The predicted octanol–water partition coefficient (Wildman–Crippen LogP) is 3.03. The van der Waals surface area contributed by atoms with Crippen LogP contribution in [0.25, 0.3) is 16.6 Å². The van der Waals surface area contributed by atoms with Gasteiger partial charge in [0.2, 0.25) is 0 Å². The van der Waals surface area contributed by atoms with Gasteiger partial charge in [0, 0.05) is 24.8 Å². The molecule has 3 N–H and O–H groups in total. The Bertz CT molecular complexity index is 626. The van der Waals surface area contributed by atoms with Crippen LogP contribution in [0.15, 0.2) is 24.4 Å². The number of pyridine rings is 1. The van der Waals surface area contributed by atoms with Crippen LogP contribution >= 0.6 is 0 Å². The molecular formula is C16H22N4. The van der Waals surface area contributed by atoms with Gasteiger partial charge >= 0.3 is 0 Å². The third kappa shape index (κ3) is 2.56. The summed E-state index contributed by atoms with van der Waals surface area (Å²) in [6.07, 6.45) is 8.04. The van der Waals surface area contributed by atoms with E-state index in [-0.39, 0.29) is 0 Å². The number of nitrogens with two attached hydrogens (primary N) is 1. The standard InChI is InChI=1S/C16H22N4/c1-2-3-8-20-9-6-12(7-10-20)13-11-18-14-4-5-15(17)19-16(13)14/h4-6,11,18H,2-3,7-10H2,1H3,(H2,17,19). The zero-order chi connectivity index (χ0) is 13.9.